The van der Waals surface area contributed by atoms with E-state index in [0.717, 1.165) is 5.56 Å². The Morgan fingerprint density at radius 1 is 1.21 bits per heavy atom. The summed E-state index contributed by atoms with van der Waals surface area (Å²) in [4.78, 5) is 13.9. The minimum absolute atomic E-state index is 0.0697. The lowest BCUT2D eigenvalue weighted by atomic mass is 9.82. The zero-order chi connectivity index (χ0) is 24.6. The zero-order valence-corrected chi connectivity index (χ0v) is 19.6. The smallest absolute Gasteiger partial charge is 0.324 e. The van der Waals surface area contributed by atoms with Crippen molar-refractivity contribution in [3.05, 3.63) is 52.7 Å². The van der Waals surface area contributed by atoms with Gasteiger partial charge in [0.1, 0.15) is 5.69 Å². The number of hydrogen-bond acceptors (Lipinski definition) is 9. The van der Waals surface area contributed by atoms with E-state index in [2.05, 4.69) is 15.8 Å². The highest BCUT2D eigenvalue weighted by Crippen LogP contribution is 2.41. The predicted octanol–water partition coefficient (Wildman–Crippen LogP) is 3.39. The fraction of sp³-hybridized carbons (Fsp3) is 0.348. The average Bonchev–Trinajstić information content (AvgIpc) is 3.38. The number of nitrogens with one attached hydrogen (secondary N) is 2. The van der Waals surface area contributed by atoms with E-state index >= 15 is 0 Å². The van der Waals surface area contributed by atoms with E-state index < -0.39 is 0 Å². The first-order valence-electron chi connectivity index (χ1n) is 10.6. The summed E-state index contributed by atoms with van der Waals surface area (Å²) in [5.41, 5.74) is 0.826. The minimum Gasteiger partial charge on any atom is -0.504 e. The van der Waals surface area contributed by atoms with E-state index in [0.29, 0.717) is 11.5 Å². The van der Waals surface area contributed by atoms with Crippen LogP contribution in [-0.2, 0) is 0 Å². The molecule has 1 aromatic heterocycles. The van der Waals surface area contributed by atoms with Crippen LogP contribution >= 0.6 is 0 Å². The second kappa shape index (κ2) is 8.65. The second-order valence-corrected chi connectivity index (χ2v) is 9.21. The van der Waals surface area contributed by atoms with Gasteiger partial charge in [-0.3, -0.25) is 10.1 Å². The number of aromatic hydroxyl groups is 1. The molecule has 0 radical (unpaired) electrons. The summed E-state index contributed by atoms with van der Waals surface area (Å²) in [6.07, 6.45) is 0. The van der Waals surface area contributed by atoms with Gasteiger partial charge in [-0.25, -0.2) is 0 Å². The molecule has 4 rings (SSSR count). The molecule has 11 heteroatoms. The first-order chi connectivity index (χ1) is 16.1. The third kappa shape index (κ3) is 4.36. The Hall–Kier alpha value is -4.15. The van der Waals surface area contributed by atoms with Gasteiger partial charge in [0.2, 0.25) is 6.79 Å². The van der Waals surface area contributed by atoms with Crippen molar-refractivity contribution in [1.29, 1.82) is 0 Å². The van der Waals surface area contributed by atoms with Gasteiger partial charge < -0.3 is 34.6 Å². The third-order valence-corrected chi connectivity index (χ3v) is 5.42. The molecule has 0 aliphatic carbocycles. The van der Waals surface area contributed by atoms with Crippen LogP contribution in [0.5, 0.6) is 17.2 Å². The highest BCUT2D eigenvalue weighted by atomic mass is 16.8. The van der Waals surface area contributed by atoms with Gasteiger partial charge >= 0.3 is 5.82 Å². The number of para-hydroxylation sites is 1. The van der Waals surface area contributed by atoms with Gasteiger partial charge in [0, 0.05) is 14.1 Å². The average molecular weight is 469 g/mol. The zero-order valence-electron chi connectivity index (χ0n) is 19.6. The lowest BCUT2D eigenvalue weighted by Gasteiger charge is -2.31. The molecule has 2 aromatic carbocycles. The fourth-order valence-electron chi connectivity index (χ4n) is 3.66. The first kappa shape index (κ1) is 23.0. The normalized spacial score (nSPS) is 13.4. The van der Waals surface area contributed by atoms with Crippen molar-refractivity contribution in [1.82, 2.24) is 10.1 Å². The summed E-state index contributed by atoms with van der Waals surface area (Å²) >= 11 is 0. The predicted molar refractivity (Wildman–Crippen MR) is 123 cm³/mol. The molecule has 0 fully saturated rings. The van der Waals surface area contributed by atoms with E-state index in [1.54, 1.807) is 20.2 Å². The molecule has 11 nitrogen and oxygen atoms in total. The van der Waals surface area contributed by atoms with Gasteiger partial charge in [-0.15, -0.1) is 0 Å². The number of ether oxygens (including phenoxy) is 2. The number of phenols is 1. The van der Waals surface area contributed by atoms with Gasteiger partial charge in [-0.2, -0.15) is 0 Å². The number of aromatic nitrogens is 2. The number of fused-ring (bicyclic) bond motifs is 1. The summed E-state index contributed by atoms with van der Waals surface area (Å²) in [5, 5.41) is 33.0. The molecular formula is C23H27N5O6. The molecule has 1 aliphatic heterocycles. The second-order valence-electron chi connectivity index (χ2n) is 9.21. The number of carbonyl (C=O) groups is 1. The van der Waals surface area contributed by atoms with Crippen LogP contribution in [0.15, 0.2) is 41.0 Å². The van der Waals surface area contributed by atoms with Crippen molar-refractivity contribution in [2.45, 2.75) is 26.8 Å². The Bertz CT molecular complexity index is 1220. The number of benzene rings is 2. The summed E-state index contributed by atoms with van der Waals surface area (Å²) in [5.74, 6) is 0.696. The van der Waals surface area contributed by atoms with Gasteiger partial charge in [0.05, 0.1) is 11.6 Å². The minimum atomic E-state index is -0.379. The van der Waals surface area contributed by atoms with E-state index in [1.807, 2.05) is 39.0 Å². The van der Waals surface area contributed by atoms with Gasteiger partial charge in [-0.1, -0.05) is 37.8 Å². The lowest BCUT2D eigenvalue weighted by molar-refractivity contribution is -0.790. The van der Waals surface area contributed by atoms with Crippen molar-refractivity contribution in [3.8, 4) is 17.2 Å². The van der Waals surface area contributed by atoms with Crippen LogP contribution in [0.4, 0.5) is 17.3 Å². The number of hydrogen-bond donors (Lipinski definition) is 3. The lowest BCUT2D eigenvalue weighted by Crippen LogP contribution is -2.29. The Balaban J connectivity index is 1.66. The van der Waals surface area contributed by atoms with E-state index in [-0.39, 0.29) is 57.7 Å². The molecule has 0 saturated heterocycles. The maximum atomic E-state index is 12.4. The van der Waals surface area contributed by atoms with Crippen LogP contribution in [-0.4, -0.2) is 42.0 Å². The number of rotatable bonds is 6. The molecule has 0 spiro atoms. The van der Waals surface area contributed by atoms with Crippen LogP contribution in [0.2, 0.25) is 0 Å². The molecule has 1 aliphatic rings. The number of carbonyl (C=O) groups excluding carboxylic acids is 1. The summed E-state index contributed by atoms with van der Waals surface area (Å²) in [7, 11) is 3.16. The molecule has 180 valence electrons. The van der Waals surface area contributed by atoms with Crippen molar-refractivity contribution < 1.29 is 28.9 Å². The molecule has 34 heavy (non-hydrogen) atoms. The largest absolute Gasteiger partial charge is 0.504 e. The molecule has 3 N–H and O–H groups in total. The van der Waals surface area contributed by atoms with Gasteiger partial charge in [0.15, 0.2) is 17.2 Å². The van der Waals surface area contributed by atoms with E-state index in [9.17, 15) is 15.1 Å². The molecule has 1 amide bonds. The highest BCUT2D eigenvalue weighted by molar-refractivity contribution is 5.98. The molecule has 0 bridgehead atoms. The Kier molecular flexibility index (Phi) is 5.86. The Morgan fingerprint density at radius 3 is 2.65 bits per heavy atom. The molecule has 0 saturated carbocycles. The maximum Gasteiger partial charge on any atom is 0.324 e. The number of phenolic OH excluding ortho intramolecular Hbond substituents is 1. The molecule has 0 unspecified atom stereocenters. The molecule has 3 aromatic rings. The topological polar surface area (TPSA) is 136 Å². The Morgan fingerprint density at radius 2 is 1.94 bits per heavy atom. The van der Waals surface area contributed by atoms with E-state index in [4.69, 9.17) is 14.1 Å². The number of anilines is 3. The van der Waals surface area contributed by atoms with Crippen molar-refractivity contribution in [2.75, 3.05) is 31.5 Å². The van der Waals surface area contributed by atoms with Crippen LogP contribution < -0.4 is 25.0 Å². The monoisotopic (exact) mass is 469 g/mol. The number of amides is 1. The first-order valence-corrected chi connectivity index (χ1v) is 10.6. The summed E-state index contributed by atoms with van der Waals surface area (Å²) in [6.45, 7) is 6.28. The van der Waals surface area contributed by atoms with Gasteiger partial charge in [0.25, 0.3) is 11.7 Å². The Labute approximate surface area is 196 Å². The van der Waals surface area contributed by atoms with Crippen molar-refractivity contribution in [3.63, 3.8) is 0 Å². The maximum absolute atomic E-state index is 12.4. The fourth-order valence-corrected chi connectivity index (χ4v) is 3.66. The summed E-state index contributed by atoms with van der Waals surface area (Å²) < 4.78 is 15.7. The SMILES string of the molecule is CN(C)C(=O)c1cccc(Nc2c(N[C@@H](c3ccc4c(c3)OCO4)C(C)(C)C)no[n+]2[O-])c1O. The molecule has 2 heterocycles. The third-order valence-electron chi connectivity index (χ3n) is 5.42. The molecule has 1 atom stereocenters. The van der Waals surface area contributed by atoms with Crippen molar-refractivity contribution >= 4 is 23.2 Å². The van der Waals surface area contributed by atoms with E-state index in [1.165, 1.54) is 17.0 Å². The number of nitrogens with zero attached hydrogens (tertiary/aromatic N) is 3. The summed E-state index contributed by atoms with van der Waals surface area (Å²) in [6, 6.07) is 9.96. The van der Waals surface area contributed by atoms with Crippen molar-refractivity contribution in [2.24, 2.45) is 5.41 Å². The quantitative estimate of drug-likeness (QED) is 0.366. The van der Waals surface area contributed by atoms with Gasteiger partial charge in [-0.05, 0) is 40.4 Å². The standard InChI is InChI=1S/C23H27N5O6/c1-23(2,3)19(13-9-10-16-17(11-13)33-12-32-16)25-20-21(28(31)34-26-20)24-15-8-6-7-14(18(15)29)22(30)27(4)5/h6-11,19,24,29H,12H2,1-5H3,(H,25,26)/t19-/m0/s1. The van der Waals surface area contributed by atoms with Crippen LogP contribution in [0.3, 0.4) is 0 Å². The van der Waals surface area contributed by atoms with Crippen LogP contribution in [0.25, 0.3) is 0 Å². The molecular weight excluding hydrogens is 442 g/mol. The van der Waals surface area contributed by atoms with Crippen LogP contribution in [0.1, 0.15) is 42.7 Å². The highest BCUT2D eigenvalue weighted by Gasteiger charge is 2.32. The van der Waals surface area contributed by atoms with Crippen LogP contribution in [0, 0.1) is 10.6 Å².